The highest BCUT2D eigenvalue weighted by molar-refractivity contribution is 6.17. The maximum atomic E-state index is 9.24. The molecule has 1 fully saturated rings. The molecule has 1 aliphatic heterocycles. The Morgan fingerprint density at radius 3 is 3.00 bits per heavy atom. The number of nitriles is 1. The number of halogens is 1. The first-order chi connectivity index (χ1) is 8.30. The van der Waals surface area contributed by atoms with Gasteiger partial charge in [0.1, 0.15) is 6.07 Å². The number of hydrogen-bond donors (Lipinski definition) is 0. The lowest BCUT2D eigenvalue weighted by Crippen LogP contribution is -2.29. The lowest BCUT2D eigenvalue weighted by Gasteiger charge is -2.27. The number of alkyl halides is 1. The molecule has 2 rings (SSSR count). The standard InChI is InChI=1S/C14H17ClN2/c1-2-13-4-3-7-17(13)14-6-5-11(9-15)8-12(14)10-16/h5-6,8,13H,2-4,7,9H2,1H3. The van der Waals surface area contributed by atoms with Crippen LogP contribution in [0.25, 0.3) is 0 Å². The SMILES string of the molecule is CCC1CCCN1c1ccc(CCl)cc1C#N. The Bertz CT molecular complexity index is 436. The summed E-state index contributed by atoms with van der Waals surface area (Å²) in [6.45, 7) is 3.27. The van der Waals surface area contributed by atoms with Crippen LogP contribution in [0.2, 0.25) is 0 Å². The minimum atomic E-state index is 0.464. The highest BCUT2D eigenvalue weighted by Gasteiger charge is 2.24. The summed E-state index contributed by atoms with van der Waals surface area (Å²) in [4.78, 5) is 2.37. The normalized spacial score (nSPS) is 19.4. The molecule has 1 aromatic carbocycles. The summed E-state index contributed by atoms with van der Waals surface area (Å²) in [5, 5.41) is 9.24. The van der Waals surface area contributed by atoms with E-state index < -0.39 is 0 Å². The van der Waals surface area contributed by atoms with Gasteiger partial charge >= 0.3 is 0 Å². The molecule has 1 heterocycles. The van der Waals surface area contributed by atoms with E-state index in [1.165, 1.54) is 12.8 Å². The molecule has 3 heteroatoms. The molecule has 0 amide bonds. The molecule has 1 saturated heterocycles. The third kappa shape index (κ3) is 2.40. The highest BCUT2D eigenvalue weighted by atomic mass is 35.5. The molecule has 1 aliphatic rings. The molecule has 1 atom stereocenters. The van der Waals surface area contributed by atoms with E-state index in [9.17, 15) is 5.26 Å². The minimum Gasteiger partial charge on any atom is -0.367 e. The van der Waals surface area contributed by atoms with Crippen LogP contribution < -0.4 is 4.90 Å². The van der Waals surface area contributed by atoms with Crippen LogP contribution in [0.15, 0.2) is 18.2 Å². The molecule has 0 radical (unpaired) electrons. The van der Waals surface area contributed by atoms with Gasteiger partial charge in [-0.3, -0.25) is 0 Å². The van der Waals surface area contributed by atoms with E-state index in [0.717, 1.165) is 29.8 Å². The van der Waals surface area contributed by atoms with Gasteiger partial charge in [0.2, 0.25) is 0 Å². The summed E-state index contributed by atoms with van der Waals surface area (Å²) >= 11 is 5.80. The number of nitrogens with zero attached hydrogens (tertiary/aromatic N) is 2. The molecule has 17 heavy (non-hydrogen) atoms. The number of hydrogen-bond acceptors (Lipinski definition) is 2. The lowest BCUT2D eigenvalue weighted by atomic mass is 10.1. The van der Waals surface area contributed by atoms with Crippen LogP contribution in [0.1, 0.15) is 37.3 Å². The van der Waals surface area contributed by atoms with E-state index in [1.54, 1.807) is 0 Å². The van der Waals surface area contributed by atoms with Gasteiger partial charge in [-0.1, -0.05) is 13.0 Å². The molecule has 0 N–H and O–H groups in total. The zero-order valence-corrected chi connectivity index (χ0v) is 10.9. The van der Waals surface area contributed by atoms with Crippen molar-refractivity contribution in [2.75, 3.05) is 11.4 Å². The largest absolute Gasteiger partial charge is 0.367 e. The molecule has 90 valence electrons. The topological polar surface area (TPSA) is 27.0 Å². The van der Waals surface area contributed by atoms with Crippen LogP contribution >= 0.6 is 11.6 Å². The fourth-order valence-electron chi connectivity index (χ4n) is 2.58. The van der Waals surface area contributed by atoms with Crippen molar-refractivity contribution < 1.29 is 0 Å². The van der Waals surface area contributed by atoms with Crippen molar-refractivity contribution in [1.29, 1.82) is 5.26 Å². The lowest BCUT2D eigenvalue weighted by molar-refractivity contribution is 0.645. The first kappa shape index (κ1) is 12.3. The Morgan fingerprint density at radius 1 is 1.53 bits per heavy atom. The van der Waals surface area contributed by atoms with Gasteiger partial charge in [-0.2, -0.15) is 5.26 Å². The third-order valence-corrected chi connectivity index (χ3v) is 3.80. The molecule has 0 saturated carbocycles. The second-order valence-corrected chi connectivity index (χ2v) is 4.76. The van der Waals surface area contributed by atoms with E-state index in [-0.39, 0.29) is 0 Å². The van der Waals surface area contributed by atoms with E-state index in [2.05, 4.69) is 17.9 Å². The van der Waals surface area contributed by atoms with Gasteiger partial charge in [0.05, 0.1) is 11.3 Å². The molecule has 1 aromatic rings. The van der Waals surface area contributed by atoms with Gasteiger partial charge in [0, 0.05) is 18.5 Å². The molecule has 0 bridgehead atoms. The molecular formula is C14H17ClN2. The van der Waals surface area contributed by atoms with Gasteiger partial charge in [-0.15, -0.1) is 11.6 Å². The molecule has 0 spiro atoms. The third-order valence-electron chi connectivity index (χ3n) is 3.49. The Hall–Kier alpha value is -1.20. The summed E-state index contributed by atoms with van der Waals surface area (Å²) in [5.74, 6) is 0.464. The predicted molar refractivity (Wildman–Crippen MR) is 71.4 cm³/mol. The Kier molecular flexibility index (Phi) is 3.91. The van der Waals surface area contributed by atoms with E-state index in [0.29, 0.717) is 11.9 Å². The molecule has 2 nitrogen and oxygen atoms in total. The van der Waals surface area contributed by atoms with E-state index in [4.69, 9.17) is 11.6 Å². The van der Waals surface area contributed by atoms with Crippen LogP contribution in [0, 0.1) is 11.3 Å². The highest BCUT2D eigenvalue weighted by Crippen LogP contribution is 2.30. The molecule has 0 aromatic heterocycles. The summed E-state index contributed by atoms with van der Waals surface area (Å²) in [6.07, 6.45) is 3.60. The average molecular weight is 249 g/mol. The van der Waals surface area contributed by atoms with Gasteiger partial charge in [-0.05, 0) is 37.0 Å². The van der Waals surface area contributed by atoms with E-state index >= 15 is 0 Å². The zero-order valence-electron chi connectivity index (χ0n) is 10.1. The van der Waals surface area contributed by atoms with Crippen molar-refractivity contribution >= 4 is 17.3 Å². The van der Waals surface area contributed by atoms with Crippen molar-refractivity contribution in [2.45, 2.75) is 38.1 Å². The van der Waals surface area contributed by atoms with Gasteiger partial charge in [0.15, 0.2) is 0 Å². The zero-order chi connectivity index (χ0) is 12.3. The second kappa shape index (κ2) is 5.42. The maximum absolute atomic E-state index is 9.24. The van der Waals surface area contributed by atoms with Crippen LogP contribution in [0.3, 0.4) is 0 Å². The summed E-state index contributed by atoms with van der Waals surface area (Å²) < 4.78 is 0. The van der Waals surface area contributed by atoms with Crippen molar-refractivity contribution in [3.05, 3.63) is 29.3 Å². The predicted octanol–water partition coefficient (Wildman–Crippen LogP) is 3.68. The number of anilines is 1. The van der Waals surface area contributed by atoms with Gasteiger partial charge in [0.25, 0.3) is 0 Å². The fourth-order valence-corrected chi connectivity index (χ4v) is 2.75. The Labute approximate surface area is 108 Å². The van der Waals surface area contributed by atoms with Crippen molar-refractivity contribution in [2.24, 2.45) is 0 Å². The van der Waals surface area contributed by atoms with Crippen LogP contribution in [0.5, 0.6) is 0 Å². The number of benzene rings is 1. The van der Waals surface area contributed by atoms with E-state index in [1.807, 2.05) is 18.2 Å². The molecule has 0 aliphatic carbocycles. The monoisotopic (exact) mass is 248 g/mol. The second-order valence-electron chi connectivity index (χ2n) is 4.49. The van der Waals surface area contributed by atoms with Crippen molar-refractivity contribution in [3.8, 4) is 6.07 Å². The van der Waals surface area contributed by atoms with Crippen LogP contribution in [0.4, 0.5) is 5.69 Å². The fraction of sp³-hybridized carbons (Fsp3) is 0.500. The molecule has 1 unspecified atom stereocenters. The summed E-state index contributed by atoms with van der Waals surface area (Å²) in [5.41, 5.74) is 2.84. The smallest absolute Gasteiger partial charge is 0.101 e. The average Bonchev–Trinajstić information content (AvgIpc) is 2.85. The quantitative estimate of drug-likeness (QED) is 0.763. The van der Waals surface area contributed by atoms with Crippen molar-refractivity contribution in [3.63, 3.8) is 0 Å². The minimum absolute atomic E-state index is 0.464. The molecular weight excluding hydrogens is 232 g/mol. The Balaban J connectivity index is 2.35. The number of rotatable bonds is 3. The summed E-state index contributed by atoms with van der Waals surface area (Å²) in [6, 6.07) is 8.86. The van der Waals surface area contributed by atoms with Crippen LogP contribution in [-0.4, -0.2) is 12.6 Å². The van der Waals surface area contributed by atoms with Crippen LogP contribution in [-0.2, 0) is 5.88 Å². The van der Waals surface area contributed by atoms with Gasteiger partial charge < -0.3 is 4.90 Å². The van der Waals surface area contributed by atoms with Crippen molar-refractivity contribution in [1.82, 2.24) is 0 Å². The Morgan fingerprint density at radius 2 is 2.35 bits per heavy atom. The first-order valence-electron chi connectivity index (χ1n) is 6.15. The maximum Gasteiger partial charge on any atom is 0.101 e. The van der Waals surface area contributed by atoms with Gasteiger partial charge in [-0.25, -0.2) is 0 Å². The summed E-state index contributed by atoms with van der Waals surface area (Å²) in [7, 11) is 0. The first-order valence-corrected chi connectivity index (χ1v) is 6.69.